The van der Waals surface area contributed by atoms with Crippen molar-refractivity contribution in [3.05, 3.63) is 54.6 Å². The van der Waals surface area contributed by atoms with Gasteiger partial charge in [-0.25, -0.2) is 0 Å². The molecule has 0 aliphatic carbocycles. The summed E-state index contributed by atoms with van der Waals surface area (Å²) in [6, 6.07) is 18.6. The fourth-order valence-electron chi connectivity index (χ4n) is 2.31. The van der Waals surface area contributed by atoms with E-state index in [9.17, 15) is 0 Å². The van der Waals surface area contributed by atoms with Crippen LogP contribution in [0.1, 0.15) is 27.2 Å². The average Bonchev–Trinajstić information content (AvgIpc) is 2.48. The Morgan fingerprint density at radius 1 is 0.952 bits per heavy atom. The monoisotopic (exact) mass is 283 g/mol. The molecule has 0 heterocycles. The van der Waals surface area contributed by atoms with E-state index in [1.807, 2.05) is 18.2 Å². The van der Waals surface area contributed by atoms with Gasteiger partial charge in [-0.05, 0) is 38.4 Å². The number of nitrogens with one attached hydrogen (secondary N) is 1. The molecule has 0 bridgehead atoms. The SMILES string of the molecule is CCCNCC(C)(C)Oc1ccccc1-c1ccccc1. The van der Waals surface area contributed by atoms with E-state index in [1.54, 1.807) is 0 Å². The van der Waals surface area contributed by atoms with Crippen LogP contribution in [0.2, 0.25) is 0 Å². The minimum absolute atomic E-state index is 0.236. The third kappa shape index (κ3) is 4.61. The van der Waals surface area contributed by atoms with E-state index in [0.29, 0.717) is 0 Å². The summed E-state index contributed by atoms with van der Waals surface area (Å²) in [6.07, 6.45) is 1.14. The van der Waals surface area contributed by atoms with Gasteiger partial charge in [-0.3, -0.25) is 0 Å². The maximum atomic E-state index is 6.27. The fourth-order valence-corrected chi connectivity index (χ4v) is 2.31. The standard InChI is InChI=1S/C19H25NO/c1-4-14-20-15-19(2,3)21-18-13-9-8-12-17(18)16-10-6-5-7-11-16/h5-13,20H,4,14-15H2,1-3H3. The molecule has 2 heteroatoms. The van der Waals surface area contributed by atoms with Gasteiger partial charge in [0.05, 0.1) is 0 Å². The number of hydrogen-bond donors (Lipinski definition) is 1. The van der Waals surface area contributed by atoms with Gasteiger partial charge < -0.3 is 10.1 Å². The van der Waals surface area contributed by atoms with Crippen LogP contribution in [0, 0.1) is 0 Å². The highest BCUT2D eigenvalue weighted by molar-refractivity contribution is 5.70. The maximum absolute atomic E-state index is 6.27. The molecular formula is C19H25NO. The molecule has 0 aliphatic rings. The van der Waals surface area contributed by atoms with Crippen LogP contribution in [-0.4, -0.2) is 18.7 Å². The Bertz CT molecular complexity index is 549. The van der Waals surface area contributed by atoms with Gasteiger partial charge in [0.1, 0.15) is 11.4 Å². The van der Waals surface area contributed by atoms with E-state index >= 15 is 0 Å². The summed E-state index contributed by atoms with van der Waals surface area (Å²) in [4.78, 5) is 0. The van der Waals surface area contributed by atoms with Crippen LogP contribution in [0.25, 0.3) is 11.1 Å². The molecule has 21 heavy (non-hydrogen) atoms. The highest BCUT2D eigenvalue weighted by atomic mass is 16.5. The molecule has 0 atom stereocenters. The lowest BCUT2D eigenvalue weighted by Gasteiger charge is -2.28. The van der Waals surface area contributed by atoms with E-state index in [-0.39, 0.29) is 5.60 Å². The normalized spacial score (nSPS) is 11.4. The van der Waals surface area contributed by atoms with Gasteiger partial charge in [-0.2, -0.15) is 0 Å². The molecule has 0 fully saturated rings. The quantitative estimate of drug-likeness (QED) is 0.755. The second kappa shape index (κ2) is 7.28. The van der Waals surface area contributed by atoms with Gasteiger partial charge in [-0.15, -0.1) is 0 Å². The van der Waals surface area contributed by atoms with Crippen molar-refractivity contribution in [3.8, 4) is 16.9 Å². The van der Waals surface area contributed by atoms with Crippen molar-refractivity contribution in [3.63, 3.8) is 0 Å². The van der Waals surface area contributed by atoms with Gasteiger partial charge in [-0.1, -0.05) is 55.5 Å². The lowest BCUT2D eigenvalue weighted by molar-refractivity contribution is 0.109. The first-order valence-corrected chi connectivity index (χ1v) is 7.66. The number of hydrogen-bond acceptors (Lipinski definition) is 2. The van der Waals surface area contributed by atoms with E-state index in [4.69, 9.17) is 4.74 Å². The minimum Gasteiger partial charge on any atom is -0.486 e. The van der Waals surface area contributed by atoms with Gasteiger partial charge in [0.25, 0.3) is 0 Å². The van der Waals surface area contributed by atoms with Gasteiger partial charge in [0.2, 0.25) is 0 Å². The molecule has 2 rings (SSSR count). The molecule has 2 nitrogen and oxygen atoms in total. The minimum atomic E-state index is -0.236. The average molecular weight is 283 g/mol. The molecule has 0 amide bonds. The molecule has 1 N–H and O–H groups in total. The Morgan fingerprint density at radius 2 is 1.62 bits per heavy atom. The molecule has 2 aromatic rings. The van der Waals surface area contributed by atoms with E-state index in [1.165, 1.54) is 5.56 Å². The Morgan fingerprint density at radius 3 is 2.33 bits per heavy atom. The molecule has 0 aliphatic heterocycles. The van der Waals surface area contributed by atoms with Crippen molar-refractivity contribution in [2.24, 2.45) is 0 Å². The van der Waals surface area contributed by atoms with Crippen molar-refractivity contribution in [2.45, 2.75) is 32.8 Å². The number of benzene rings is 2. The zero-order valence-corrected chi connectivity index (χ0v) is 13.2. The third-order valence-electron chi connectivity index (χ3n) is 3.34. The number of rotatable bonds is 7. The Labute approximate surface area is 128 Å². The van der Waals surface area contributed by atoms with Gasteiger partial charge >= 0.3 is 0 Å². The zero-order valence-electron chi connectivity index (χ0n) is 13.2. The van der Waals surface area contributed by atoms with Crippen LogP contribution >= 0.6 is 0 Å². The first kappa shape index (κ1) is 15.6. The second-order valence-corrected chi connectivity index (χ2v) is 5.90. The lowest BCUT2D eigenvalue weighted by Crippen LogP contribution is -2.40. The van der Waals surface area contributed by atoms with Crippen LogP contribution in [0.4, 0.5) is 0 Å². The Hall–Kier alpha value is -1.80. The molecule has 2 aromatic carbocycles. The van der Waals surface area contributed by atoms with Crippen LogP contribution in [0.5, 0.6) is 5.75 Å². The lowest BCUT2D eigenvalue weighted by atomic mass is 10.0. The predicted octanol–water partition coefficient (Wildman–Crippen LogP) is 4.51. The summed E-state index contributed by atoms with van der Waals surface area (Å²) < 4.78 is 6.27. The van der Waals surface area contributed by atoms with Crippen LogP contribution < -0.4 is 10.1 Å². The van der Waals surface area contributed by atoms with Crippen molar-refractivity contribution in [1.29, 1.82) is 0 Å². The summed E-state index contributed by atoms with van der Waals surface area (Å²) in [5.41, 5.74) is 2.09. The highest BCUT2D eigenvalue weighted by Gasteiger charge is 2.20. The largest absolute Gasteiger partial charge is 0.486 e. The van der Waals surface area contributed by atoms with Gasteiger partial charge in [0.15, 0.2) is 0 Å². The predicted molar refractivity (Wildman–Crippen MR) is 89.7 cm³/mol. The smallest absolute Gasteiger partial charge is 0.128 e. The molecular weight excluding hydrogens is 258 g/mol. The van der Waals surface area contributed by atoms with Crippen molar-refractivity contribution in [1.82, 2.24) is 5.32 Å². The molecule has 112 valence electrons. The fraction of sp³-hybridized carbons (Fsp3) is 0.368. The van der Waals surface area contributed by atoms with Crippen molar-refractivity contribution >= 4 is 0 Å². The summed E-state index contributed by atoms with van der Waals surface area (Å²) in [5.74, 6) is 0.937. The topological polar surface area (TPSA) is 21.3 Å². The Balaban J connectivity index is 2.17. The van der Waals surface area contributed by atoms with Crippen LogP contribution in [0.15, 0.2) is 54.6 Å². The van der Waals surface area contributed by atoms with Crippen LogP contribution in [-0.2, 0) is 0 Å². The van der Waals surface area contributed by atoms with E-state index in [2.05, 4.69) is 62.5 Å². The molecule has 0 spiro atoms. The maximum Gasteiger partial charge on any atom is 0.128 e. The van der Waals surface area contributed by atoms with Crippen LogP contribution in [0.3, 0.4) is 0 Å². The van der Waals surface area contributed by atoms with Crippen molar-refractivity contribution in [2.75, 3.05) is 13.1 Å². The zero-order chi connectivity index (χ0) is 15.1. The first-order valence-electron chi connectivity index (χ1n) is 7.66. The molecule has 0 saturated heterocycles. The first-order chi connectivity index (χ1) is 10.1. The summed E-state index contributed by atoms with van der Waals surface area (Å²) in [5, 5.41) is 3.43. The molecule has 0 aromatic heterocycles. The molecule has 0 unspecified atom stereocenters. The number of ether oxygens (including phenoxy) is 1. The summed E-state index contributed by atoms with van der Waals surface area (Å²) in [7, 11) is 0. The van der Waals surface area contributed by atoms with Gasteiger partial charge in [0, 0.05) is 12.1 Å². The second-order valence-electron chi connectivity index (χ2n) is 5.90. The number of para-hydroxylation sites is 1. The highest BCUT2D eigenvalue weighted by Crippen LogP contribution is 2.31. The molecule has 0 radical (unpaired) electrons. The molecule has 0 saturated carbocycles. The third-order valence-corrected chi connectivity index (χ3v) is 3.34. The Kier molecular flexibility index (Phi) is 5.40. The summed E-state index contributed by atoms with van der Waals surface area (Å²) in [6.45, 7) is 8.28. The van der Waals surface area contributed by atoms with Crippen molar-refractivity contribution < 1.29 is 4.74 Å². The summed E-state index contributed by atoms with van der Waals surface area (Å²) >= 11 is 0. The van der Waals surface area contributed by atoms with E-state index < -0.39 is 0 Å². The van der Waals surface area contributed by atoms with E-state index in [0.717, 1.165) is 30.8 Å².